The van der Waals surface area contributed by atoms with Gasteiger partial charge in [-0.15, -0.1) is 0 Å². The topological polar surface area (TPSA) is 60.9 Å². The predicted molar refractivity (Wildman–Crippen MR) is 102 cm³/mol. The molecule has 0 aliphatic carbocycles. The number of rotatable bonds is 5. The van der Waals surface area contributed by atoms with E-state index in [2.05, 4.69) is 4.90 Å². The number of sulfonamides is 1. The van der Waals surface area contributed by atoms with Gasteiger partial charge in [0, 0.05) is 26.2 Å². The van der Waals surface area contributed by atoms with Crippen molar-refractivity contribution in [1.82, 2.24) is 14.1 Å². The van der Waals surface area contributed by atoms with E-state index >= 15 is 0 Å². The summed E-state index contributed by atoms with van der Waals surface area (Å²) in [5.74, 6) is -0.452. The smallest absolute Gasteiger partial charge is 0.243 e. The van der Waals surface area contributed by atoms with E-state index in [4.69, 9.17) is 0 Å². The molecule has 1 unspecified atom stereocenters. The quantitative estimate of drug-likeness (QED) is 0.717. The van der Waals surface area contributed by atoms with E-state index in [1.54, 1.807) is 0 Å². The molecule has 0 spiro atoms. The van der Waals surface area contributed by atoms with Gasteiger partial charge in [0.25, 0.3) is 0 Å². The Balaban J connectivity index is 1.37. The van der Waals surface area contributed by atoms with Crippen LogP contribution in [0.1, 0.15) is 18.0 Å². The van der Waals surface area contributed by atoms with E-state index in [1.807, 2.05) is 35.2 Å². The third-order valence-corrected chi connectivity index (χ3v) is 7.26. The molecule has 1 amide bonds. The van der Waals surface area contributed by atoms with Crippen molar-refractivity contribution in [3.05, 3.63) is 66.0 Å². The third kappa shape index (κ3) is 3.67. The van der Waals surface area contributed by atoms with Crippen molar-refractivity contribution in [2.75, 3.05) is 32.8 Å². The Morgan fingerprint density at radius 1 is 0.964 bits per heavy atom. The number of likely N-dealkylation sites (tertiary alicyclic amines) is 1. The zero-order valence-electron chi connectivity index (χ0n) is 15.4. The van der Waals surface area contributed by atoms with Gasteiger partial charge in [0.2, 0.25) is 15.9 Å². The van der Waals surface area contributed by atoms with Gasteiger partial charge in [-0.2, -0.15) is 4.31 Å². The molecule has 6 nitrogen and oxygen atoms in total. The largest absolute Gasteiger partial charge is 0.322 e. The van der Waals surface area contributed by atoms with E-state index in [0.717, 1.165) is 11.6 Å². The van der Waals surface area contributed by atoms with Gasteiger partial charge in [-0.25, -0.2) is 12.8 Å². The molecule has 2 aliphatic heterocycles. The summed E-state index contributed by atoms with van der Waals surface area (Å²) in [6, 6.07) is 15.1. The zero-order chi connectivity index (χ0) is 19.7. The summed E-state index contributed by atoms with van der Waals surface area (Å²) in [5, 5.41) is 0. The first-order valence-electron chi connectivity index (χ1n) is 9.27. The first-order chi connectivity index (χ1) is 13.4. The summed E-state index contributed by atoms with van der Waals surface area (Å²) in [4.78, 5) is 16.0. The second-order valence-corrected chi connectivity index (χ2v) is 9.05. The molecule has 1 atom stereocenters. The Kier molecular flexibility index (Phi) is 5.18. The van der Waals surface area contributed by atoms with Crippen LogP contribution in [0, 0.1) is 5.82 Å². The molecule has 2 aromatic rings. The Bertz CT molecular complexity index is 960. The van der Waals surface area contributed by atoms with Crippen LogP contribution in [0.5, 0.6) is 0 Å². The number of amides is 1. The number of piperazine rings is 1. The summed E-state index contributed by atoms with van der Waals surface area (Å²) < 4.78 is 40.2. The second-order valence-electron chi connectivity index (χ2n) is 7.12. The lowest BCUT2D eigenvalue weighted by Crippen LogP contribution is -2.56. The Morgan fingerprint density at radius 3 is 2.32 bits per heavy atom. The molecule has 0 bridgehead atoms. The molecular weight excluding hydrogens is 381 g/mol. The van der Waals surface area contributed by atoms with Gasteiger partial charge in [0.15, 0.2) is 0 Å². The highest BCUT2D eigenvalue weighted by atomic mass is 32.2. The van der Waals surface area contributed by atoms with Crippen LogP contribution < -0.4 is 0 Å². The summed E-state index contributed by atoms with van der Waals surface area (Å²) in [6.07, 6.45) is 0.512. The SMILES string of the molecule is O=C1CC(c2ccccc2)N1CN1CCN(S(=O)(=O)c2cccc(F)c2)CC1. The molecule has 148 valence electrons. The minimum atomic E-state index is -3.71. The standard InChI is InChI=1S/C20H22FN3O3S/c21-17-7-4-8-18(13-17)28(26,27)23-11-9-22(10-12-23)15-24-19(14-20(24)25)16-5-2-1-3-6-16/h1-8,13,19H,9-12,14-15H2. The number of nitrogens with zero attached hydrogens (tertiary/aromatic N) is 3. The number of β-lactam (4-membered cyclic amide) rings is 1. The molecule has 2 aliphatic rings. The zero-order valence-corrected chi connectivity index (χ0v) is 16.2. The summed E-state index contributed by atoms with van der Waals surface area (Å²) in [5.41, 5.74) is 1.12. The summed E-state index contributed by atoms with van der Waals surface area (Å²) in [7, 11) is -3.71. The second kappa shape index (κ2) is 7.62. The molecule has 0 aromatic heterocycles. The minimum absolute atomic E-state index is 0.0250. The highest BCUT2D eigenvalue weighted by molar-refractivity contribution is 7.89. The van der Waals surface area contributed by atoms with Crippen molar-refractivity contribution in [2.45, 2.75) is 17.4 Å². The van der Waals surface area contributed by atoms with Crippen LogP contribution in [0.15, 0.2) is 59.5 Å². The van der Waals surface area contributed by atoms with E-state index < -0.39 is 15.8 Å². The lowest BCUT2D eigenvalue weighted by molar-refractivity contribution is -0.150. The van der Waals surface area contributed by atoms with Gasteiger partial charge in [0.05, 0.1) is 24.0 Å². The van der Waals surface area contributed by atoms with E-state index in [9.17, 15) is 17.6 Å². The summed E-state index contributed by atoms with van der Waals surface area (Å²) in [6.45, 7) is 2.18. The normalized spacial score (nSPS) is 21.5. The molecule has 2 saturated heterocycles. The average molecular weight is 403 g/mol. The van der Waals surface area contributed by atoms with Crippen molar-refractivity contribution in [1.29, 1.82) is 0 Å². The van der Waals surface area contributed by atoms with Crippen LogP contribution in [-0.4, -0.2) is 61.3 Å². The highest BCUT2D eigenvalue weighted by Crippen LogP contribution is 2.34. The number of carbonyl (C=O) groups is 1. The average Bonchev–Trinajstić information content (AvgIpc) is 2.71. The van der Waals surface area contributed by atoms with Crippen LogP contribution in [0.4, 0.5) is 4.39 Å². The lowest BCUT2D eigenvalue weighted by atomic mass is 9.94. The molecule has 8 heteroatoms. The van der Waals surface area contributed by atoms with Gasteiger partial charge in [0.1, 0.15) is 5.82 Å². The summed E-state index contributed by atoms with van der Waals surface area (Å²) >= 11 is 0. The molecule has 2 aromatic carbocycles. The Hall–Kier alpha value is -2.29. The van der Waals surface area contributed by atoms with Gasteiger partial charge in [-0.1, -0.05) is 36.4 Å². The fraction of sp³-hybridized carbons (Fsp3) is 0.350. The van der Waals surface area contributed by atoms with Crippen molar-refractivity contribution >= 4 is 15.9 Å². The minimum Gasteiger partial charge on any atom is -0.322 e. The first-order valence-corrected chi connectivity index (χ1v) is 10.7. The molecule has 2 fully saturated rings. The van der Waals surface area contributed by atoms with Gasteiger partial charge < -0.3 is 4.90 Å². The Morgan fingerprint density at radius 2 is 1.68 bits per heavy atom. The molecule has 2 heterocycles. The molecule has 0 N–H and O–H groups in total. The maximum atomic E-state index is 13.4. The van der Waals surface area contributed by atoms with Gasteiger partial charge in [-0.3, -0.25) is 9.69 Å². The lowest BCUT2D eigenvalue weighted by Gasteiger charge is -2.45. The number of hydrogen-bond donors (Lipinski definition) is 0. The number of carbonyl (C=O) groups excluding carboxylic acids is 1. The van der Waals surface area contributed by atoms with Crippen molar-refractivity contribution in [3.63, 3.8) is 0 Å². The van der Waals surface area contributed by atoms with Crippen LogP contribution in [-0.2, 0) is 14.8 Å². The highest BCUT2D eigenvalue weighted by Gasteiger charge is 2.38. The monoisotopic (exact) mass is 403 g/mol. The van der Waals surface area contributed by atoms with Crippen molar-refractivity contribution in [2.24, 2.45) is 0 Å². The maximum Gasteiger partial charge on any atom is 0.243 e. The van der Waals surface area contributed by atoms with Crippen molar-refractivity contribution in [3.8, 4) is 0 Å². The number of halogens is 1. The molecular formula is C20H22FN3O3S. The molecule has 4 rings (SSSR count). The van der Waals surface area contributed by atoms with Crippen LogP contribution in [0.3, 0.4) is 0 Å². The van der Waals surface area contributed by atoms with Gasteiger partial charge >= 0.3 is 0 Å². The fourth-order valence-corrected chi connectivity index (χ4v) is 5.16. The number of hydrogen-bond acceptors (Lipinski definition) is 4. The first kappa shape index (κ1) is 19.0. The Labute approximate surface area is 164 Å². The van der Waals surface area contributed by atoms with Gasteiger partial charge in [-0.05, 0) is 23.8 Å². The van der Waals surface area contributed by atoms with E-state index in [0.29, 0.717) is 39.3 Å². The molecule has 0 saturated carbocycles. The maximum absolute atomic E-state index is 13.4. The fourth-order valence-electron chi connectivity index (χ4n) is 3.71. The van der Waals surface area contributed by atoms with Crippen molar-refractivity contribution < 1.29 is 17.6 Å². The van der Waals surface area contributed by atoms with Crippen LogP contribution >= 0.6 is 0 Å². The van der Waals surface area contributed by atoms with E-state index in [-0.39, 0.29) is 16.8 Å². The molecule has 0 radical (unpaired) electrons. The van der Waals surface area contributed by atoms with Crippen LogP contribution in [0.25, 0.3) is 0 Å². The van der Waals surface area contributed by atoms with E-state index in [1.165, 1.54) is 22.5 Å². The third-order valence-electron chi connectivity index (χ3n) is 5.37. The van der Waals surface area contributed by atoms with Crippen LogP contribution in [0.2, 0.25) is 0 Å². The molecule has 28 heavy (non-hydrogen) atoms. The predicted octanol–water partition coefficient (Wildman–Crippen LogP) is 2.06. The number of benzene rings is 2.